The van der Waals surface area contributed by atoms with Crippen LogP contribution >= 0.6 is 11.6 Å². The van der Waals surface area contributed by atoms with Gasteiger partial charge < -0.3 is 5.32 Å². The van der Waals surface area contributed by atoms with E-state index in [1.807, 2.05) is 0 Å². The molecule has 2 unspecified atom stereocenters. The van der Waals surface area contributed by atoms with Crippen molar-refractivity contribution in [1.82, 2.24) is 5.32 Å². The molecule has 0 aromatic rings. The van der Waals surface area contributed by atoms with Gasteiger partial charge in [0.2, 0.25) is 5.91 Å². The lowest BCUT2D eigenvalue weighted by Gasteiger charge is -2.26. The first kappa shape index (κ1) is 12.8. The van der Waals surface area contributed by atoms with Gasteiger partial charge in [-0.15, -0.1) is 11.6 Å². The summed E-state index contributed by atoms with van der Waals surface area (Å²) in [6, 6.07) is 0. The molecule has 0 aliphatic heterocycles. The number of rotatable bonds is 5. The Morgan fingerprint density at radius 1 is 1.11 bits per heavy atom. The van der Waals surface area contributed by atoms with Gasteiger partial charge in [0.15, 0.2) is 0 Å². The molecule has 3 saturated carbocycles. The number of halogens is 1. The molecule has 0 heterocycles. The fourth-order valence-corrected chi connectivity index (χ4v) is 3.90. The smallest absolute Gasteiger partial charge is 0.223 e. The predicted octanol–water partition coefficient (Wildman–Crippen LogP) is 3.34. The third-order valence-electron chi connectivity index (χ3n) is 4.85. The lowest BCUT2D eigenvalue weighted by atomic mass is 9.88. The van der Waals surface area contributed by atoms with E-state index < -0.39 is 0 Å². The minimum Gasteiger partial charge on any atom is -0.356 e. The second-order valence-corrected chi connectivity index (χ2v) is 7.19. The number of carbonyl (C=O) groups is 1. The molecule has 0 bridgehead atoms. The molecule has 3 aliphatic carbocycles. The van der Waals surface area contributed by atoms with Gasteiger partial charge in [0.25, 0.3) is 0 Å². The van der Waals surface area contributed by atoms with Gasteiger partial charge in [-0.25, -0.2) is 0 Å². The molecule has 3 heteroatoms. The van der Waals surface area contributed by atoms with Crippen molar-refractivity contribution >= 4 is 17.5 Å². The SMILES string of the molecule is O=C(NCC1CCCC(Cl)C1)C(C1CC1)C1CC1. The van der Waals surface area contributed by atoms with Crippen LogP contribution in [-0.2, 0) is 4.79 Å². The van der Waals surface area contributed by atoms with Gasteiger partial charge in [-0.1, -0.05) is 6.42 Å². The Morgan fingerprint density at radius 3 is 2.33 bits per heavy atom. The molecule has 0 spiro atoms. The molecule has 0 radical (unpaired) electrons. The number of hydrogen-bond donors (Lipinski definition) is 1. The molecule has 0 aromatic carbocycles. The Labute approximate surface area is 115 Å². The quantitative estimate of drug-likeness (QED) is 0.762. The van der Waals surface area contributed by atoms with Crippen molar-refractivity contribution in [2.45, 2.75) is 56.7 Å². The van der Waals surface area contributed by atoms with Crippen LogP contribution in [0.2, 0.25) is 0 Å². The van der Waals surface area contributed by atoms with E-state index in [2.05, 4.69) is 5.32 Å². The van der Waals surface area contributed by atoms with Crippen molar-refractivity contribution in [2.24, 2.45) is 23.7 Å². The van der Waals surface area contributed by atoms with E-state index in [-0.39, 0.29) is 0 Å². The van der Waals surface area contributed by atoms with E-state index in [1.165, 1.54) is 38.5 Å². The van der Waals surface area contributed by atoms with Crippen LogP contribution in [0.3, 0.4) is 0 Å². The first-order chi connectivity index (χ1) is 8.74. The molecule has 2 atom stereocenters. The van der Waals surface area contributed by atoms with Crippen LogP contribution < -0.4 is 5.32 Å². The lowest BCUT2D eigenvalue weighted by molar-refractivity contribution is -0.126. The Kier molecular flexibility index (Phi) is 3.83. The molecule has 2 nitrogen and oxygen atoms in total. The zero-order valence-corrected chi connectivity index (χ0v) is 11.8. The fourth-order valence-electron chi connectivity index (χ4n) is 3.50. The van der Waals surface area contributed by atoms with Crippen molar-refractivity contribution in [3.63, 3.8) is 0 Å². The molecular formula is C15H24ClNO. The summed E-state index contributed by atoms with van der Waals surface area (Å²) in [6.45, 7) is 0.859. The first-order valence-electron chi connectivity index (χ1n) is 7.66. The van der Waals surface area contributed by atoms with Gasteiger partial charge in [0.05, 0.1) is 0 Å². The maximum Gasteiger partial charge on any atom is 0.223 e. The summed E-state index contributed by atoms with van der Waals surface area (Å²) in [5, 5.41) is 3.55. The number of carbonyl (C=O) groups excluding carboxylic acids is 1. The van der Waals surface area contributed by atoms with E-state index >= 15 is 0 Å². The van der Waals surface area contributed by atoms with Crippen molar-refractivity contribution in [3.05, 3.63) is 0 Å². The summed E-state index contributed by atoms with van der Waals surface area (Å²) in [5.41, 5.74) is 0. The van der Waals surface area contributed by atoms with Gasteiger partial charge in [0, 0.05) is 17.8 Å². The molecule has 3 rings (SSSR count). The second kappa shape index (κ2) is 5.40. The predicted molar refractivity (Wildman–Crippen MR) is 73.5 cm³/mol. The molecule has 102 valence electrons. The normalized spacial score (nSPS) is 32.6. The lowest BCUT2D eigenvalue weighted by Crippen LogP contribution is -2.37. The molecule has 1 N–H and O–H groups in total. The summed E-state index contributed by atoms with van der Waals surface area (Å²) in [6.07, 6.45) is 9.82. The van der Waals surface area contributed by atoms with Crippen molar-refractivity contribution in [2.75, 3.05) is 6.54 Å². The van der Waals surface area contributed by atoms with Crippen LogP contribution in [0.15, 0.2) is 0 Å². The number of hydrogen-bond acceptors (Lipinski definition) is 1. The van der Waals surface area contributed by atoms with Crippen molar-refractivity contribution < 1.29 is 4.79 Å². The van der Waals surface area contributed by atoms with Gasteiger partial charge in [-0.3, -0.25) is 4.79 Å². The molecular weight excluding hydrogens is 246 g/mol. The van der Waals surface area contributed by atoms with E-state index in [0.29, 0.717) is 35.0 Å². The zero-order chi connectivity index (χ0) is 12.5. The van der Waals surface area contributed by atoms with Crippen LogP contribution in [-0.4, -0.2) is 17.8 Å². The highest BCUT2D eigenvalue weighted by Crippen LogP contribution is 2.49. The Bertz CT molecular complexity index is 300. The molecule has 1 amide bonds. The summed E-state index contributed by atoms with van der Waals surface area (Å²) in [4.78, 5) is 12.3. The van der Waals surface area contributed by atoms with E-state index in [0.717, 1.165) is 19.4 Å². The van der Waals surface area contributed by atoms with Crippen LogP contribution in [0.5, 0.6) is 0 Å². The molecule has 3 fully saturated rings. The second-order valence-electron chi connectivity index (χ2n) is 6.58. The van der Waals surface area contributed by atoms with E-state index in [1.54, 1.807) is 0 Å². The van der Waals surface area contributed by atoms with Crippen LogP contribution in [0, 0.1) is 23.7 Å². The monoisotopic (exact) mass is 269 g/mol. The first-order valence-corrected chi connectivity index (χ1v) is 8.09. The topological polar surface area (TPSA) is 29.1 Å². The number of nitrogens with one attached hydrogen (secondary N) is 1. The maximum absolute atomic E-state index is 12.3. The summed E-state index contributed by atoms with van der Waals surface area (Å²) >= 11 is 6.20. The standard InChI is InChI=1S/C15H24ClNO/c16-13-3-1-2-10(8-13)9-17-15(18)14(11-4-5-11)12-6-7-12/h10-14H,1-9H2,(H,17,18). The molecule has 18 heavy (non-hydrogen) atoms. The van der Waals surface area contributed by atoms with E-state index in [4.69, 9.17) is 11.6 Å². The fraction of sp³-hybridized carbons (Fsp3) is 0.933. The summed E-state index contributed by atoms with van der Waals surface area (Å²) in [7, 11) is 0. The zero-order valence-electron chi connectivity index (χ0n) is 11.0. The summed E-state index contributed by atoms with van der Waals surface area (Å²) < 4.78 is 0. The van der Waals surface area contributed by atoms with Crippen LogP contribution in [0.25, 0.3) is 0 Å². The highest BCUT2D eigenvalue weighted by Gasteiger charge is 2.45. The molecule has 3 aliphatic rings. The Hall–Kier alpha value is -0.240. The minimum absolute atomic E-state index is 0.336. The molecule has 0 aromatic heterocycles. The third-order valence-corrected chi connectivity index (χ3v) is 5.24. The van der Waals surface area contributed by atoms with Gasteiger partial charge in [0.1, 0.15) is 0 Å². The van der Waals surface area contributed by atoms with Crippen molar-refractivity contribution in [3.8, 4) is 0 Å². The Morgan fingerprint density at radius 2 is 1.78 bits per heavy atom. The largest absolute Gasteiger partial charge is 0.356 e. The highest BCUT2D eigenvalue weighted by molar-refractivity contribution is 6.20. The van der Waals surface area contributed by atoms with Gasteiger partial charge >= 0.3 is 0 Å². The summed E-state index contributed by atoms with van der Waals surface area (Å²) in [5.74, 6) is 2.73. The minimum atomic E-state index is 0.336. The van der Waals surface area contributed by atoms with Crippen LogP contribution in [0.4, 0.5) is 0 Å². The average Bonchev–Trinajstić information content (AvgIpc) is 3.21. The Balaban J connectivity index is 1.45. The highest BCUT2D eigenvalue weighted by atomic mass is 35.5. The number of alkyl halides is 1. The maximum atomic E-state index is 12.3. The third kappa shape index (κ3) is 3.20. The van der Waals surface area contributed by atoms with Crippen molar-refractivity contribution in [1.29, 1.82) is 0 Å². The van der Waals surface area contributed by atoms with Gasteiger partial charge in [-0.2, -0.15) is 0 Å². The van der Waals surface area contributed by atoms with E-state index in [9.17, 15) is 4.79 Å². The number of amides is 1. The van der Waals surface area contributed by atoms with Crippen LogP contribution in [0.1, 0.15) is 51.4 Å². The average molecular weight is 270 g/mol. The molecule has 0 saturated heterocycles. The van der Waals surface area contributed by atoms with Gasteiger partial charge in [-0.05, 0) is 62.7 Å².